The lowest BCUT2D eigenvalue weighted by Gasteiger charge is -2.31. The number of likely N-dealkylation sites (tertiary alicyclic amines) is 1. The van der Waals surface area contributed by atoms with Crippen molar-refractivity contribution in [3.05, 3.63) is 35.4 Å². The number of carboxylic acid groups (broad SMARTS) is 2. The molecule has 1 fully saturated rings. The molecular formula is C21H32N2O5. The van der Waals surface area contributed by atoms with Crippen LogP contribution in [0.5, 0.6) is 0 Å². The molecular weight excluding hydrogens is 360 g/mol. The van der Waals surface area contributed by atoms with E-state index in [1.807, 2.05) is 0 Å². The molecule has 1 aliphatic rings. The highest BCUT2D eigenvalue weighted by atomic mass is 16.4. The monoisotopic (exact) mass is 392 g/mol. The van der Waals surface area contributed by atoms with Gasteiger partial charge in [0.15, 0.2) is 0 Å². The summed E-state index contributed by atoms with van der Waals surface area (Å²) in [5.74, 6) is -3.17. The number of carbonyl (C=O) groups excluding carboxylic acids is 1. The van der Waals surface area contributed by atoms with E-state index in [9.17, 15) is 4.79 Å². The van der Waals surface area contributed by atoms with Crippen molar-refractivity contribution in [3.8, 4) is 0 Å². The molecule has 1 aromatic carbocycles. The molecule has 1 aliphatic heterocycles. The molecule has 7 nitrogen and oxygen atoms in total. The van der Waals surface area contributed by atoms with Gasteiger partial charge in [0.05, 0.1) is 0 Å². The Balaban J connectivity index is 0.000000568. The maximum Gasteiger partial charge on any atom is 0.414 e. The maximum absolute atomic E-state index is 12.1. The summed E-state index contributed by atoms with van der Waals surface area (Å²) >= 11 is 0. The van der Waals surface area contributed by atoms with Crippen LogP contribution >= 0.6 is 0 Å². The number of hydrogen-bond donors (Lipinski definition) is 3. The van der Waals surface area contributed by atoms with Crippen LogP contribution in [-0.2, 0) is 27.3 Å². The first-order chi connectivity index (χ1) is 13.4. The molecule has 0 bridgehead atoms. The van der Waals surface area contributed by atoms with Crippen molar-refractivity contribution < 1.29 is 24.6 Å². The summed E-state index contributed by atoms with van der Waals surface area (Å²) in [6.45, 7) is 8.24. The summed E-state index contributed by atoms with van der Waals surface area (Å²) in [6.07, 6.45) is 5.29. The maximum atomic E-state index is 12.1. The molecule has 0 aliphatic carbocycles. The van der Waals surface area contributed by atoms with Gasteiger partial charge in [-0.3, -0.25) is 9.69 Å². The second-order valence-corrected chi connectivity index (χ2v) is 6.98. The average Bonchev–Trinajstić information content (AvgIpc) is 2.69. The predicted molar refractivity (Wildman–Crippen MR) is 107 cm³/mol. The van der Waals surface area contributed by atoms with Gasteiger partial charge in [-0.25, -0.2) is 9.59 Å². The number of nitrogens with zero attached hydrogens (tertiary/aromatic N) is 1. The van der Waals surface area contributed by atoms with Crippen LogP contribution in [0.2, 0.25) is 0 Å². The van der Waals surface area contributed by atoms with Crippen molar-refractivity contribution in [1.29, 1.82) is 0 Å². The molecule has 0 saturated carbocycles. The number of benzene rings is 1. The van der Waals surface area contributed by atoms with Gasteiger partial charge >= 0.3 is 11.9 Å². The molecule has 0 atom stereocenters. The summed E-state index contributed by atoms with van der Waals surface area (Å²) in [5, 5.41) is 17.9. The van der Waals surface area contributed by atoms with Crippen LogP contribution in [0.4, 0.5) is 0 Å². The number of unbranched alkanes of at least 4 members (excludes halogenated alkanes) is 1. The molecule has 3 N–H and O–H groups in total. The highest BCUT2D eigenvalue weighted by Crippen LogP contribution is 2.19. The van der Waals surface area contributed by atoms with E-state index in [-0.39, 0.29) is 11.8 Å². The van der Waals surface area contributed by atoms with Crippen LogP contribution in [0.1, 0.15) is 50.7 Å². The molecule has 1 aromatic rings. The Hall–Kier alpha value is -2.41. The van der Waals surface area contributed by atoms with E-state index in [0.717, 1.165) is 58.3 Å². The first kappa shape index (κ1) is 23.6. The SMILES string of the molecule is CCCCNC(=O)C1CCN(Cc2ccc(CC)cc2)CC1.O=C(O)C(=O)O. The lowest BCUT2D eigenvalue weighted by Crippen LogP contribution is -2.40. The zero-order valence-corrected chi connectivity index (χ0v) is 16.8. The van der Waals surface area contributed by atoms with E-state index in [1.165, 1.54) is 11.1 Å². The summed E-state index contributed by atoms with van der Waals surface area (Å²) in [4.78, 5) is 32.7. The molecule has 1 amide bonds. The summed E-state index contributed by atoms with van der Waals surface area (Å²) < 4.78 is 0. The first-order valence-corrected chi connectivity index (χ1v) is 9.91. The number of carbonyl (C=O) groups is 3. The largest absolute Gasteiger partial charge is 0.473 e. The standard InChI is InChI=1S/C19H30N2O.C2H2O4/c1-3-5-12-20-19(22)18-10-13-21(14-11-18)15-17-8-6-16(4-2)7-9-17;3-1(4)2(5)6/h6-9,18H,3-5,10-15H2,1-2H3,(H,20,22);(H,3,4)(H,5,6). The topological polar surface area (TPSA) is 107 Å². The van der Waals surface area contributed by atoms with Crippen molar-refractivity contribution in [2.45, 2.75) is 52.5 Å². The molecule has 2 rings (SSSR count). The van der Waals surface area contributed by atoms with Gasteiger partial charge in [-0.1, -0.05) is 44.5 Å². The Morgan fingerprint density at radius 2 is 1.54 bits per heavy atom. The fraction of sp³-hybridized carbons (Fsp3) is 0.571. The third-order valence-corrected chi connectivity index (χ3v) is 4.81. The van der Waals surface area contributed by atoms with Gasteiger partial charge in [-0.15, -0.1) is 0 Å². The fourth-order valence-electron chi connectivity index (χ4n) is 3.02. The lowest BCUT2D eigenvalue weighted by molar-refractivity contribution is -0.159. The smallest absolute Gasteiger partial charge is 0.414 e. The van der Waals surface area contributed by atoms with E-state index in [1.54, 1.807) is 0 Å². The molecule has 156 valence electrons. The van der Waals surface area contributed by atoms with E-state index >= 15 is 0 Å². The second-order valence-electron chi connectivity index (χ2n) is 6.98. The Morgan fingerprint density at radius 3 is 2.00 bits per heavy atom. The third-order valence-electron chi connectivity index (χ3n) is 4.81. The minimum absolute atomic E-state index is 0.218. The first-order valence-electron chi connectivity index (χ1n) is 9.91. The number of hydrogen-bond acceptors (Lipinski definition) is 4. The highest BCUT2D eigenvalue weighted by Gasteiger charge is 2.24. The van der Waals surface area contributed by atoms with Crippen molar-refractivity contribution >= 4 is 17.8 Å². The fourth-order valence-corrected chi connectivity index (χ4v) is 3.02. The Kier molecular flexibility index (Phi) is 10.9. The Bertz CT molecular complexity index is 610. The van der Waals surface area contributed by atoms with Crippen LogP contribution in [0.25, 0.3) is 0 Å². The number of aryl methyl sites for hydroxylation is 1. The number of amides is 1. The van der Waals surface area contributed by atoms with E-state index < -0.39 is 11.9 Å². The van der Waals surface area contributed by atoms with Crippen molar-refractivity contribution in [1.82, 2.24) is 10.2 Å². The molecule has 0 radical (unpaired) electrons. The van der Waals surface area contributed by atoms with Gasteiger partial charge in [-0.05, 0) is 49.9 Å². The van der Waals surface area contributed by atoms with Crippen LogP contribution in [-0.4, -0.2) is 52.6 Å². The van der Waals surface area contributed by atoms with E-state index in [0.29, 0.717) is 0 Å². The zero-order chi connectivity index (χ0) is 20.9. The van der Waals surface area contributed by atoms with Crippen LogP contribution < -0.4 is 5.32 Å². The lowest BCUT2D eigenvalue weighted by atomic mass is 9.95. The Morgan fingerprint density at radius 1 is 1.00 bits per heavy atom. The second kappa shape index (κ2) is 12.9. The minimum Gasteiger partial charge on any atom is -0.473 e. The van der Waals surface area contributed by atoms with Crippen LogP contribution in [0, 0.1) is 5.92 Å². The van der Waals surface area contributed by atoms with Crippen molar-refractivity contribution in [2.75, 3.05) is 19.6 Å². The van der Waals surface area contributed by atoms with Gasteiger partial charge in [0.25, 0.3) is 0 Å². The van der Waals surface area contributed by atoms with E-state index in [2.05, 4.69) is 48.3 Å². The normalized spacial score (nSPS) is 14.6. The summed E-state index contributed by atoms with van der Waals surface area (Å²) in [6, 6.07) is 8.93. The molecule has 1 heterocycles. The van der Waals surface area contributed by atoms with Gasteiger partial charge in [0.1, 0.15) is 0 Å². The number of aliphatic carboxylic acids is 2. The Labute approximate surface area is 166 Å². The van der Waals surface area contributed by atoms with Crippen LogP contribution in [0.3, 0.4) is 0 Å². The van der Waals surface area contributed by atoms with Crippen LogP contribution in [0.15, 0.2) is 24.3 Å². The number of rotatable bonds is 7. The number of carboxylic acids is 2. The summed E-state index contributed by atoms with van der Waals surface area (Å²) in [5.41, 5.74) is 2.77. The minimum atomic E-state index is -1.82. The molecule has 0 spiro atoms. The van der Waals surface area contributed by atoms with Gasteiger partial charge < -0.3 is 15.5 Å². The zero-order valence-electron chi connectivity index (χ0n) is 16.8. The highest BCUT2D eigenvalue weighted by molar-refractivity contribution is 6.27. The molecule has 0 unspecified atom stereocenters. The molecule has 1 saturated heterocycles. The van der Waals surface area contributed by atoms with Crippen molar-refractivity contribution in [3.63, 3.8) is 0 Å². The number of nitrogens with one attached hydrogen (secondary N) is 1. The average molecular weight is 392 g/mol. The predicted octanol–water partition coefficient (Wildman–Crippen LogP) is 2.53. The van der Waals surface area contributed by atoms with Gasteiger partial charge in [-0.2, -0.15) is 0 Å². The van der Waals surface area contributed by atoms with Gasteiger partial charge in [0, 0.05) is 19.0 Å². The molecule has 28 heavy (non-hydrogen) atoms. The molecule has 7 heteroatoms. The number of piperidine rings is 1. The third kappa shape index (κ3) is 8.99. The molecule has 0 aromatic heterocycles. The quantitative estimate of drug-likeness (QED) is 0.486. The van der Waals surface area contributed by atoms with E-state index in [4.69, 9.17) is 19.8 Å². The van der Waals surface area contributed by atoms with Crippen molar-refractivity contribution in [2.24, 2.45) is 5.92 Å². The van der Waals surface area contributed by atoms with Gasteiger partial charge in [0.2, 0.25) is 5.91 Å². The summed E-state index contributed by atoms with van der Waals surface area (Å²) in [7, 11) is 0.